The van der Waals surface area contributed by atoms with Gasteiger partial charge in [-0.3, -0.25) is 24.1 Å². The average Bonchev–Trinajstić information content (AvgIpc) is 3.31. The molecule has 31 heavy (non-hydrogen) atoms. The first-order valence-electron chi connectivity index (χ1n) is 9.30. The highest BCUT2D eigenvalue weighted by molar-refractivity contribution is 6.22. The number of hydrogen-bond acceptors (Lipinski definition) is 6. The zero-order chi connectivity index (χ0) is 21.5. The molecule has 2 aromatic carbocycles. The van der Waals surface area contributed by atoms with Crippen molar-refractivity contribution in [1.82, 2.24) is 24.6 Å². The lowest BCUT2D eigenvalue weighted by Crippen LogP contribution is -2.37. The summed E-state index contributed by atoms with van der Waals surface area (Å²) in [5.74, 6) is -1.57. The van der Waals surface area contributed by atoms with Crippen molar-refractivity contribution in [2.75, 3.05) is 11.9 Å². The summed E-state index contributed by atoms with van der Waals surface area (Å²) in [4.78, 5) is 57.2. The molecule has 0 bridgehead atoms. The zero-order valence-electron chi connectivity index (χ0n) is 15.9. The molecule has 2 N–H and O–H groups in total. The molecule has 2 aromatic heterocycles. The van der Waals surface area contributed by atoms with Crippen LogP contribution in [0.5, 0.6) is 0 Å². The summed E-state index contributed by atoms with van der Waals surface area (Å²) >= 11 is 0. The van der Waals surface area contributed by atoms with E-state index < -0.39 is 24.3 Å². The molecule has 0 aliphatic carbocycles. The van der Waals surface area contributed by atoms with E-state index in [0.717, 1.165) is 4.90 Å². The summed E-state index contributed by atoms with van der Waals surface area (Å²) in [6.45, 7) is -0.432. The van der Waals surface area contributed by atoms with E-state index in [9.17, 15) is 19.2 Å². The molecular formula is C21H14N6O4. The van der Waals surface area contributed by atoms with Crippen LogP contribution in [-0.4, -0.2) is 48.9 Å². The highest BCUT2D eigenvalue weighted by Crippen LogP contribution is 2.24. The first-order chi connectivity index (χ1) is 15.0. The van der Waals surface area contributed by atoms with Gasteiger partial charge in [-0.15, -0.1) is 0 Å². The van der Waals surface area contributed by atoms with Crippen LogP contribution in [0.15, 0.2) is 65.8 Å². The minimum absolute atomic E-state index is 0.278. The third kappa shape index (κ3) is 2.97. The van der Waals surface area contributed by atoms with Crippen LogP contribution in [0.3, 0.4) is 0 Å². The fraction of sp³-hybridized carbons (Fsp3) is 0.0476. The number of H-pyrrole nitrogens is 1. The summed E-state index contributed by atoms with van der Waals surface area (Å²) < 4.78 is 1.43. The van der Waals surface area contributed by atoms with Gasteiger partial charge in [0.1, 0.15) is 11.9 Å². The summed E-state index contributed by atoms with van der Waals surface area (Å²) in [7, 11) is 0. The second kappa shape index (κ2) is 7.02. The summed E-state index contributed by atoms with van der Waals surface area (Å²) in [5, 5.41) is 7.23. The predicted octanol–water partition coefficient (Wildman–Crippen LogP) is 1.34. The molecule has 0 atom stereocenters. The van der Waals surface area contributed by atoms with Gasteiger partial charge in [0.15, 0.2) is 5.65 Å². The molecule has 4 aromatic rings. The Morgan fingerprint density at radius 3 is 2.39 bits per heavy atom. The van der Waals surface area contributed by atoms with Crippen LogP contribution < -0.4 is 10.9 Å². The van der Waals surface area contributed by atoms with E-state index in [-0.39, 0.29) is 16.7 Å². The number of imide groups is 1. The van der Waals surface area contributed by atoms with Gasteiger partial charge in [-0.2, -0.15) is 5.10 Å². The molecule has 0 saturated heterocycles. The number of amides is 3. The van der Waals surface area contributed by atoms with E-state index in [1.165, 1.54) is 17.2 Å². The maximum Gasteiger partial charge on any atom is 0.262 e. The summed E-state index contributed by atoms with van der Waals surface area (Å²) in [6.07, 6.45) is 2.66. The van der Waals surface area contributed by atoms with Crippen LogP contribution in [0.4, 0.5) is 5.69 Å². The summed E-state index contributed by atoms with van der Waals surface area (Å²) in [6, 6.07) is 13.3. The highest BCUT2D eigenvalue weighted by atomic mass is 16.2. The number of benzene rings is 2. The van der Waals surface area contributed by atoms with Crippen LogP contribution in [-0.2, 0) is 4.79 Å². The Morgan fingerprint density at radius 1 is 0.968 bits per heavy atom. The van der Waals surface area contributed by atoms with Crippen molar-refractivity contribution in [3.8, 4) is 5.69 Å². The van der Waals surface area contributed by atoms with Crippen molar-refractivity contribution in [2.24, 2.45) is 0 Å². The van der Waals surface area contributed by atoms with E-state index in [4.69, 9.17) is 0 Å². The largest absolute Gasteiger partial charge is 0.323 e. The molecule has 1 aliphatic rings. The van der Waals surface area contributed by atoms with Crippen molar-refractivity contribution >= 4 is 34.4 Å². The number of aromatic nitrogens is 4. The standard InChI is InChI=1S/C21H14N6O4/c28-17(10-26-20(30)12-5-1-2-6-13(12)21(26)31)25-15-7-3-4-8-16(15)27-18-14(9-24-27)19(29)23-11-22-18/h1-9,11H,10H2,(H,25,28)(H,22,23,29). The number of carbonyl (C=O) groups excluding carboxylic acids is 3. The van der Waals surface area contributed by atoms with E-state index in [0.29, 0.717) is 22.4 Å². The average molecular weight is 414 g/mol. The molecule has 1 aliphatic heterocycles. The molecule has 10 nitrogen and oxygen atoms in total. The molecule has 10 heteroatoms. The van der Waals surface area contributed by atoms with Gasteiger partial charge in [0.2, 0.25) is 5.91 Å². The SMILES string of the molecule is O=C(CN1C(=O)c2ccccc2C1=O)Nc1ccccc1-n1ncc2c(=O)[nH]cnc21. The van der Waals surface area contributed by atoms with Gasteiger partial charge in [0.05, 0.1) is 35.0 Å². The van der Waals surface area contributed by atoms with Gasteiger partial charge in [-0.25, -0.2) is 9.67 Å². The van der Waals surface area contributed by atoms with Crippen molar-refractivity contribution in [3.05, 3.63) is 82.5 Å². The third-order valence-electron chi connectivity index (χ3n) is 4.96. The number of hydrogen-bond donors (Lipinski definition) is 2. The molecule has 152 valence electrons. The lowest BCUT2D eigenvalue weighted by molar-refractivity contribution is -0.116. The van der Waals surface area contributed by atoms with Crippen LogP contribution in [0.2, 0.25) is 0 Å². The first kappa shape index (κ1) is 18.4. The first-order valence-corrected chi connectivity index (χ1v) is 9.30. The normalized spacial score (nSPS) is 13.0. The lowest BCUT2D eigenvalue weighted by Gasteiger charge is -2.15. The Bertz CT molecular complexity index is 1400. The van der Waals surface area contributed by atoms with Gasteiger partial charge in [-0.1, -0.05) is 24.3 Å². The number of rotatable bonds is 4. The number of nitrogens with one attached hydrogen (secondary N) is 2. The molecule has 0 unspecified atom stereocenters. The number of para-hydroxylation sites is 2. The zero-order valence-corrected chi connectivity index (χ0v) is 15.9. The van der Waals surface area contributed by atoms with Gasteiger partial charge in [-0.05, 0) is 24.3 Å². The lowest BCUT2D eigenvalue weighted by atomic mass is 10.1. The van der Waals surface area contributed by atoms with Crippen molar-refractivity contribution < 1.29 is 14.4 Å². The number of nitrogens with zero attached hydrogens (tertiary/aromatic N) is 4. The van der Waals surface area contributed by atoms with E-state index in [1.807, 2.05) is 0 Å². The van der Waals surface area contributed by atoms with Crippen LogP contribution in [0, 0.1) is 0 Å². The Kier molecular flexibility index (Phi) is 4.18. The molecular weight excluding hydrogens is 400 g/mol. The van der Waals surface area contributed by atoms with Crippen molar-refractivity contribution in [3.63, 3.8) is 0 Å². The molecule has 0 radical (unpaired) electrons. The monoisotopic (exact) mass is 414 g/mol. The fourth-order valence-electron chi connectivity index (χ4n) is 3.51. The molecule has 0 fully saturated rings. The second-order valence-electron chi connectivity index (χ2n) is 6.83. The molecule has 0 saturated carbocycles. The Morgan fingerprint density at radius 2 is 1.65 bits per heavy atom. The highest BCUT2D eigenvalue weighted by Gasteiger charge is 2.36. The minimum Gasteiger partial charge on any atom is -0.323 e. The molecule has 0 spiro atoms. The van der Waals surface area contributed by atoms with Crippen LogP contribution >= 0.6 is 0 Å². The third-order valence-corrected chi connectivity index (χ3v) is 4.96. The Labute approximate surface area is 174 Å². The number of anilines is 1. The minimum atomic E-state index is -0.552. The topological polar surface area (TPSA) is 130 Å². The van der Waals surface area contributed by atoms with Gasteiger partial charge >= 0.3 is 0 Å². The van der Waals surface area contributed by atoms with Crippen molar-refractivity contribution in [2.45, 2.75) is 0 Å². The Hall–Kier alpha value is -4.60. The van der Waals surface area contributed by atoms with E-state index in [2.05, 4.69) is 20.4 Å². The van der Waals surface area contributed by atoms with Crippen LogP contribution in [0.25, 0.3) is 16.7 Å². The van der Waals surface area contributed by atoms with E-state index in [1.54, 1.807) is 48.5 Å². The second-order valence-corrected chi connectivity index (χ2v) is 6.83. The maximum absolute atomic E-state index is 12.7. The van der Waals surface area contributed by atoms with Gasteiger partial charge in [0.25, 0.3) is 17.4 Å². The van der Waals surface area contributed by atoms with Crippen LogP contribution in [0.1, 0.15) is 20.7 Å². The number of fused-ring (bicyclic) bond motifs is 2. The van der Waals surface area contributed by atoms with E-state index >= 15 is 0 Å². The predicted molar refractivity (Wildman–Crippen MR) is 110 cm³/mol. The van der Waals surface area contributed by atoms with Gasteiger partial charge < -0.3 is 10.3 Å². The molecule has 3 heterocycles. The number of aromatic amines is 1. The van der Waals surface area contributed by atoms with Gasteiger partial charge in [0, 0.05) is 0 Å². The molecule has 3 amide bonds. The quantitative estimate of drug-likeness (QED) is 0.485. The molecule has 5 rings (SSSR count). The Balaban J connectivity index is 1.42. The smallest absolute Gasteiger partial charge is 0.262 e. The van der Waals surface area contributed by atoms with Crippen molar-refractivity contribution in [1.29, 1.82) is 0 Å². The number of carbonyl (C=O) groups is 3. The summed E-state index contributed by atoms with van der Waals surface area (Å²) in [5.41, 5.74) is 1.41. The maximum atomic E-state index is 12.7. The fourth-order valence-corrected chi connectivity index (χ4v) is 3.51.